The molecule has 0 spiro atoms. The average molecular weight is 1580 g/mol. The number of phosphoric ester groups is 2. The largest absolute Gasteiger partial charge is 0.472 e. The minimum Gasteiger partial charge on any atom is -0.462 e. The van der Waals surface area contributed by atoms with Gasteiger partial charge in [-0.05, 0) is 148 Å². The number of rotatable bonds is 79. The molecule has 5 atom stereocenters. The molecule has 0 aromatic rings. The lowest BCUT2D eigenvalue weighted by Crippen LogP contribution is -2.30. The Kier molecular flexibility index (Phi) is 77.7. The predicted octanol–water partition coefficient (Wildman–Crippen LogP) is 25.6. The molecule has 0 amide bonds. The third kappa shape index (κ3) is 80.7. The van der Waals surface area contributed by atoms with Crippen LogP contribution in [0, 0.1) is 0 Å². The smallest absolute Gasteiger partial charge is 0.462 e. The van der Waals surface area contributed by atoms with Gasteiger partial charge in [0.25, 0.3) is 0 Å². The molecule has 0 bridgehead atoms. The maximum Gasteiger partial charge on any atom is 0.472 e. The van der Waals surface area contributed by atoms with Crippen LogP contribution in [0.25, 0.3) is 0 Å². The van der Waals surface area contributed by atoms with E-state index in [1.807, 2.05) is 0 Å². The van der Waals surface area contributed by atoms with E-state index in [1.165, 1.54) is 64.2 Å². The number of aliphatic hydroxyl groups is 1. The zero-order valence-electron chi connectivity index (χ0n) is 68.9. The monoisotopic (exact) mass is 1580 g/mol. The van der Waals surface area contributed by atoms with E-state index in [-0.39, 0.29) is 25.7 Å². The molecule has 3 N–H and O–H groups in total. The molecule has 0 radical (unpaired) electrons. The van der Waals surface area contributed by atoms with E-state index in [1.54, 1.807) is 0 Å². The van der Waals surface area contributed by atoms with Crippen LogP contribution in [-0.4, -0.2) is 96.7 Å². The molecule has 0 aromatic heterocycles. The van der Waals surface area contributed by atoms with Gasteiger partial charge in [-0.25, -0.2) is 9.13 Å². The molecule has 0 aromatic carbocycles. The number of carbonyl (C=O) groups is 4. The van der Waals surface area contributed by atoms with Crippen molar-refractivity contribution < 1.29 is 80.2 Å². The molecule has 110 heavy (non-hydrogen) atoms. The van der Waals surface area contributed by atoms with Gasteiger partial charge in [-0.2, -0.15) is 0 Å². The van der Waals surface area contributed by atoms with Crippen LogP contribution in [0.2, 0.25) is 0 Å². The van der Waals surface area contributed by atoms with Crippen LogP contribution in [-0.2, 0) is 65.4 Å². The zero-order chi connectivity index (χ0) is 80.3. The van der Waals surface area contributed by atoms with Crippen LogP contribution in [0.3, 0.4) is 0 Å². The third-order valence-corrected chi connectivity index (χ3v) is 19.4. The van der Waals surface area contributed by atoms with Gasteiger partial charge < -0.3 is 33.8 Å². The Bertz CT molecular complexity index is 2700. The molecule has 17 nitrogen and oxygen atoms in total. The molecule has 628 valence electrons. The van der Waals surface area contributed by atoms with Gasteiger partial charge in [0.15, 0.2) is 12.2 Å². The molecular weight excluding hydrogens is 1430 g/mol. The zero-order valence-corrected chi connectivity index (χ0v) is 70.7. The topological polar surface area (TPSA) is 237 Å². The number of ether oxygens (including phenoxy) is 4. The van der Waals surface area contributed by atoms with Gasteiger partial charge in [0.05, 0.1) is 26.4 Å². The molecule has 0 saturated heterocycles. The van der Waals surface area contributed by atoms with Crippen LogP contribution in [0.5, 0.6) is 0 Å². The number of hydrogen-bond donors (Lipinski definition) is 3. The summed E-state index contributed by atoms with van der Waals surface area (Å²) in [5, 5.41) is 10.7. The van der Waals surface area contributed by atoms with Crippen molar-refractivity contribution in [2.45, 2.75) is 354 Å². The molecular formula is C91H152O17P2. The summed E-state index contributed by atoms with van der Waals surface area (Å²) in [6.07, 6.45) is 96.3. The average Bonchev–Trinajstić information content (AvgIpc) is 0.906. The number of carbonyl (C=O) groups excluding carboxylic acids is 4. The van der Waals surface area contributed by atoms with Gasteiger partial charge in [-0.3, -0.25) is 37.3 Å². The molecule has 0 aliphatic heterocycles. The minimum atomic E-state index is -5.00. The van der Waals surface area contributed by atoms with Crippen molar-refractivity contribution >= 4 is 39.5 Å². The van der Waals surface area contributed by atoms with Gasteiger partial charge in [0.1, 0.15) is 19.3 Å². The second-order valence-electron chi connectivity index (χ2n) is 28.0. The third-order valence-electron chi connectivity index (χ3n) is 17.5. The summed E-state index contributed by atoms with van der Waals surface area (Å²) in [7, 11) is -10.00. The van der Waals surface area contributed by atoms with Gasteiger partial charge in [-0.1, -0.05) is 321 Å². The van der Waals surface area contributed by atoms with E-state index in [0.717, 1.165) is 193 Å². The first-order chi connectivity index (χ1) is 53.7. The van der Waals surface area contributed by atoms with Gasteiger partial charge in [-0.15, -0.1) is 0 Å². The van der Waals surface area contributed by atoms with Crippen molar-refractivity contribution in [3.8, 4) is 0 Å². The van der Waals surface area contributed by atoms with Gasteiger partial charge >= 0.3 is 39.5 Å². The highest BCUT2D eigenvalue weighted by molar-refractivity contribution is 7.47. The fraction of sp³-hybridized carbons (Fsp3) is 0.670. The summed E-state index contributed by atoms with van der Waals surface area (Å²) in [4.78, 5) is 73.3. The summed E-state index contributed by atoms with van der Waals surface area (Å²) >= 11 is 0. The predicted molar refractivity (Wildman–Crippen MR) is 454 cm³/mol. The first kappa shape index (κ1) is 105. The maximum atomic E-state index is 13.1. The molecule has 0 saturated carbocycles. The maximum absolute atomic E-state index is 13.1. The molecule has 0 heterocycles. The van der Waals surface area contributed by atoms with Crippen molar-refractivity contribution in [2.75, 3.05) is 39.6 Å². The van der Waals surface area contributed by atoms with Crippen molar-refractivity contribution in [3.05, 3.63) is 158 Å². The highest BCUT2D eigenvalue weighted by Gasteiger charge is 2.30. The summed E-state index contributed by atoms with van der Waals surface area (Å²) in [5.74, 6) is -2.25. The highest BCUT2D eigenvalue weighted by atomic mass is 31.2. The SMILES string of the molecule is CC/C=C\C/C=C\C/C=C\C/C=C\C/C=C\CCCCCC(=O)OCC(COP(=O)(O)OCC(O)COP(=O)(O)OCC(COC(=O)CCCCC/C=C\C/C=C\C/C=C\C/C=C\C/C=C\CC)OC(=O)CCCCCCCCCCCCCCCCC)OC(=O)CCCCCCCCC/C=C\C/C=C\C/C=C\CC. The van der Waals surface area contributed by atoms with E-state index in [4.69, 9.17) is 37.0 Å². The van der Waals surface area contributed by atoms with Crippen molar-refractivity contribution in [1.82, 2.24) is 0 Å². The lowest BCUT2D eigenvalue weighted by Gasteiger charge is -2.21. The number of aliphatic hydroxyl groups excluding tert-OH is 1. The lowest BCUT2D eigenvalue weighted by molar-refractivity contribution is -0.161. The molecule has 0 aliphatic carbocycles. The van der Waals surface area contributed by atoms with Crippen LogP contribution < -0.4 is 0 Å². The number of hydrogen-bond acceptors (Lipinski definition) is 15. The van der Waals surface area contributed by atoms with Gasteiger partial charge in [0.2, 0.25) is 0 Å². The second-order valence-corrected chi connectivity index (χ2v) is 30.9. The van der Waals surface area contributed by atoms with Crippen LogP contribution >= 0.6 is 15.6 Å². The van der Waals surface area contributed by atoms with Crippen LogP contribution in [0.1, 0.15) is 336 Å². The van der Waals surface area contributed by atoms with Gasteiger partial charge in [0, 0.05) is 25.7 Å². The Morgan fingerprint density at radius 1 is 0.264 bits per heavy atom. The fourth-order valence-electron chi connectivity index (χ4n) is 11.1. The summed E-state index contributed by atoms with van der Waals surface area (Å²) in [6, 6.07) is 0. The summed E-state index contributed by atoms with van der Waals surface area (Å²) in [6.45, 7) is 4.49. The Balaban J connectivity index is 5.45. The quantitative estimate of drug-likeness (QED) is 0.0169. The Labute approximate surface area is 668 Å². The molecule has 0 rings (SSSR count). The van der Waals surface area contributed by atoms with E-state index in [9.17, 15) is 43.2 Å². The van der Waals surface area contributed by atoms with Crippen molar-refractivity contribution in [1.29, 1.82) is 0 Å². The molecule has 0 fully saturated rings. The van der Waals surface area contributed by atoms with Crippen molar-refractivity contribution in [3.63, 3.8) is 0 Å². The van der Waals surface area contributed by atoms with Crippen LogP contribution in [0.4, 0.5) is 0 Å². The first-order valence-corrected chi connectivity index (χ1v) is 45.7. The number of phosphoric acid groups is 2. The summed E-state index contributed by atoms with van der Waals surface area (Å²) in [5.41, 5.74) is 0. The second kappa shape index (κ2) is 81.7. The van der Waals surface area contributed by atoms with E-state index >= 15 is 0 Å². The van der Waals surface area contributed by atoms with Crippen LogP contribution in [0.15, 0.2) is 158 Å². The number of unbranched alkanes of at least 4 members (excludes halogenated alkanes) is 27. The van der Waals surface area contributed by atoms with Crippen molar-refractivity contribution in [2.24, 2.45) is 0 Å². The first-order valence-electron chi connectivity index (χ1n) is 42.7. The Morgan fingerprint density at radius 3 is 0.736 bits per heavy atom. The fourth-order valence-corrected chi connectivity index (χ4v) is 12.7. The standard InChI is InChI=1S/C91H152O17P2/c1-5-9-13-17-21-25-29-33-37-40-42-45-48-51-55-59-63-67-71-75-88(93)101-81-86(107-90(95)77-73-69-65-61-57-53-47-36-32-28-24-20-16-12-8-4)83-105-109(97,98)103-79-85(92)80-104-110(99,100)106-84-87(108-91(96)78-74-70-66-62-58-54-50-44-39-35-31-27-23-19-15-11-7-3)82-102-89(94)76-72-68-64-60-56-52-49-46-43-41-38-34-30-26-22-18-14-10-6-2/h9-11,13-15,21-23,25-27,33-35,37-39,42-43,45-46,51-52,55-56,85-87,92H,5-8,12,16-20,24,28-32,36,40-41,44,47-50,53-54,57-84H2,1-4H3,(H,97,98)(H,99,100)/b13-9-,14-10-,15-11-,25-21-,26-22-,27-23-,37-33-,38-34-,39-35-,45-42-,46-43-,55-51-,56-52-. The lowest BCUT2D eigenvalue weighted by atomic mass is 10.0. The highest BCUT2D eigenvalue weighted by Crippen LogP contribution is 2.45. The van der Waals surface area contributed by atoms with E-state index in [0.29, 0.717) is 25.7 Å². The molecule has 0 aliphatic rings. The minimum absolute atomic E-state index is 0.0710. The number of allylic oxidation sites excluding steroid dienone is 26. The normalized spacial score (nSPS) is 14.6. The van der Waals surface area contributed by atoms with E-state index in [2.05, 4.69) is 186 Å². The molecule has 5 unspecified atom stereocenters. The van der Waals surface area contributed by atoms with E-state index < -0.39 is 97.5 Å². The Morgan fingerprint density at radius 2 is 0.473 bits per heavy atom. The number of esters is 4. The summed E-state index contributed by atoms with van der Waals surface area (Å²) < 4.78 is 68.8. The Hall–Kier alpha value is -5.32. The molecule has 19 heteroatoms.